The average molecular weight is 402 g/mol. The monoisotopic (exact) mass is 401 g/mol. The van der Waals surface area contributed by atoms with Gasteiger partial charge in [0.1, 0.15) is 0 Å². The zero-order valence-electron chi connectivity index (χ0n) is 12.9. The molecule has 4 nitrogen and oxygen atoms in total. The van der Waals surface area contributed by atoms with Crippen LogP contribution in [0.4, 0.5) is 5.13 Å². The van der Waals surface area contributed by atoms with E-state index in [9.17, 15) is 4.79 Å². The molecule has 1 amide bonds. The van der Waals surface area contributed by atoms with Crippen molar-refractivity contribution in [3.05, 3.63) is 33.8 Å². The van der Waals surface area contributed by atoms with Gasteiger partial charge in [0.25, 0.3) is 0 Å². The number of aromatic nitrogens is 2. The highest BCUT2D eigenvalue weighted by Crippen LogP contribution is 2.34. The quantitative estimate of drug-likeness (QED) is 0.518. The molecule has 1 aliphatic rings. The first-order chi connectivity index (χ1) is 11.6. The standard InChI is InChI=1S/C16H17Cl2N3OS2/c17-12-7-4-8-13(18)11(12)9-23-16-21-20-15(24-16)19-14(22)10-5-2-1-3-6-10/h4,7-8,10H,1-3,5-6,9H2,(H,19,20,22). The van der Waals surface area contributed by atoms with E-state index in [1.807, 2.05) is 18.2 Å². The number of hydrogen-bond donors (Lipinski definition) is 1. The van der Waals surface area contributed by atoms with Gasteiger partial charge < -0.3 is 5.32 Å². The molecule has 2 aromatic rings. The van der Waals surface area contributed by atoms with Crippen LogP contribution in [0.3, 0.4) is 0 Å². The van der Waals surface area contributed by atoms with Crippen molar-refractivity contribution >= 4 is 57.3 Å². The molecule has 1 saturated carbocycles. The molecule has 0 unspecified atom stereocenters. The normalized spacial score (nSPS) is 15.4. The Labute approximate surface area is 159 Å². The van der Waals surface area contributed by atoms with Gasteiger partial charge in [0, 0.05) is 21.7 Å². The van der Waals surface area contributed by atoms with Crippen LogP contribution >= 0.6 is 46.3 Å². The summed E-state index contributed by atoms with van der Waals surface area (Å²) in [5.41, 5.74) is 0.883. The maximum absolute atomic E-state index is 12.2. The highest BCUT2D eigenvalue weighted by molar-refractivity contribution is 8.00. The Morgan fingerprint density at radius 1 is 1.21 bits per heavy atom. The third-order valence-electron chi connectivity index (χ3n) is 4.01. The van der Waals surface area contributed by atoms with Crippen LogP contribution < -0.4 is 5.32 Å². The van der Waals surface area contributed by atoms with Gasteiger partial charge >= 0.3 is 0 Å². The smallest absolute Gasteiger partial charge is 0.229 e. The number of halogens is 2. The molecule has 0 saturated heterocycles. The predicted octanol–water partition coefficient (Wildman–Crippen LogP) is 5.66. The Kier molecular flexibility index (Phi) is 6.38. The summed E-state index contributed by atoms with van der Waals surface area (Å²) in [6, 6.07) is 5.46. The van der Waals surface area contributed by atoms with Crippen molar-refractivity contribution in [2.45, 2.75) is 42.2 Å². The lowest BCUT2D eigenvalue weighted by atomic mass is 9.89. The number of hydrogen-bond acceptors (Lipinski definition) is 5. The lowest BCUT2D eigenvalue weighted by Gasteiger charge is -2.19. The number of rotatable bonds is 5. The van der Waals surface area contributed by atoms with Crippen LogP contribution in [0.2, 0.25) is 10.0 Å². The van der Waals surface area contributed by atoms with Crippen LogP contribution in [0.25, 0.3) is 0 Å². The summed E-state index contributed by atoms with van der Waals surface area (Å²) in [6.07, 6.45) is 5.43. The summed E-state index contributed by atoms with van der Waals surface area (Å²) in [4.78, 5) is 12.2. The minimum Gasteiger partial charge on any atom is -0.300 e. The Morgan fingerprint density at radius 2 is 1.92 bits per heavy atom. The number of anilines is 1. The summed E-state index contributed by atoms with van der Waals surface area (Å²) in [6.45, 7) is 0. The van der Waals surface area contributed by atoms with Crippen molar-refractivity contribution in [2.24, 2.45) is 5.92 Å². The van der Waals surface area contributed by atoms with Gasteiger partial charge in [0.15, 0.2) is 4.34 Å². The number of nitrogens with zero attached hydrogens (tertiary/aromatic N) is 2. The average Bonchev–Trinajstić information content (AvgIpc) is 3.02. The maximum Gasteiger partial charge on any atom is 0.229 e. The van der Waals surface area contributed by atoms with Gasteiger partial charge in [-0.2, -0.15) is 0 Å². The molecule has 1 aliphatic carbocycles. The first-order valence-electron chi connectivity index (χ1n) is 7.83. The molecule has 0 atom stereocenters. The van der Waals surface area contributed by atoms with Crippen LogP contribution in [0.5, 0.6) is 0 Å². The summed E-state index contributed by atoms with van der Waals surface area (Å²) >= 11 is 15.2. The minimum absolute atomic E-state index is 0.0662. The summed E-state index contributed by atoms with van der Waals surface area (Å²) < 4.78 is 0.782. The Morgan fingerprint density at radius 3 is 2.62 bits per heavy atom. The van der Waals surface area contributed by atoms with E-state index in [-0.39, 0.29) is 11.8 Å². The number of nitrogens with one attached hydrogen (secondary N) is 1. The summed E-state index contributed by atoms with van der Waals surface area (Å²) in [7, 11) is 0. The molecule has 1 aromatic carbocycles. The third-order valence-corrected chi connectivity index (χ3v) is 6.72. The first-order valence-corrected chi connectivity index (χ1v) is 10.4. The summed E-state index contributed by atoms with van der Waals surface area (Å²) in [5, 5.41) is 12.9. The minimum atomic E-state index is 0.0662. The van der Waals surface area contributed by atoms with E-state index in [1.54, 1.807) is 0 Å². The van der Waals surface area contributed by atoms with Gasteiger partial charge in [-0.3, -0.25) is 4.79 Å². The van der Waals surface area contributed by atoms with Crippen LogP contribution in [0.1, 0.15) is 37.7 Å². The number of amides is 1. The molecule has 1 fully saturated rings. The van der Waals surface area contributed by atoms with E-state index in [2.05, 4.69) is 15.5 Å². The van der Waals surface area contributed by atoms with Gasteiger partial charge in [-0.25, -0.2) is 0 Å². The fraction of sp³-hybridized carbons (Fsp3) is 0.438. The highest BCUT2D eigenvalue weighted by atomic mass is 35.5. The second kappa shape index (κ2) is 8.52. The molecule has 8 heteroatoms. The Hall–Kier alpha value is -0.820. The van der Waals surface area contributed by atoms with E-state index in [0.717, 1.165) is 35.6 Å². The number of benzene rings is 1. The number of thioether (sulfide) groups is 1. The van der Waals surface area contributed by atoms with Crippen molar-refractivity contribution in [2.75, 3.05) is 5.32 Å². The van der Waals surface area contributed by atoms with Crippen molar-refractivity contribution in [3.8, 4) is 0 Å². The fourth-order valence-corrected chi connectivity index (χ4v) is 5.19. The Bertz CT molecular complexity index is 697. The highest BCUT2D eigenvalue weighted by Gasteiger charge is 2.22. The van der Waals surface area contributed by atoms with E-state index < -0.39 is 0 Å². The lowest BCUT2D eigenvalue weighted by Crippen LogP contribution is -2.24. The number of carbonyl (C=O) groups excluding carboxylic acids is 1. The molecule has 1 heterocycles. The molecule has 128 valence electrons. The first kappa shape index (κ1) is 18.0. The van der Waals surface area contributed by atoms with Gasteiger partial charge in [-0.15, -0.1) is 10.2 Å². The van der Waals surface area contributed by atoms with Crippen molar-refractivity contribution in [1.82, 2.24) is 10.2 Å². The van der Waals surface area contributed by atoms with Crippen LogP contribution in [0, 0.1) is 5.92 Å². The molecule has 3 rings (SSSR count). The van der Waals surface area contributed by atoms with E-state index >= 15 is 0 Å². The zero-order valence-corrected chi connectivity index (χ0v) is 16.1. The molecular weight excluding hydrogens is 385 g/mol. The SMILES string of the molecule is O=C(Nc1nnc(SCc2c(Cl)cccc2Cl)s1)C1CCCCC1. The molecule has 1 N–H and O–H groups in total. The molecule has 0 bridgehead atoms. The summed E-state index contributed by atoms with van der Waals surface area (Å²) in [5.74, 6) is 0.793. The van der Waals surface area contributed by atoms with Gasteiger partial charge in [-0.1, -0.05) is 71.6 Å². The predicted molar refractivity (Wildman–Crippen MR) is 101 cm³/mol. The van der Waals surface area contributed by atoms with Crippen molar-refractivity contribution in [1.29, 1.82) is 0 Å². The second-order valence-corrected chi connectivity index (χ2v) is 8.70. The Balaban J connectivity index is 1.56. The zero-order chi connectivity index (χ0) is 16.9. The second-order valence-electron chi connectivity index (χ2n) is 5.69. The maximum atomic E-state index is 12.2. The van der Waals surface area contributed by atoms with Gasteiger partial charge in [0.2, 0.25) is 11.0 Å². The van der Waals surface area contributed by atoms with Crippen LogP contribution in [-0.4, -0.2) is 16.1 Å². The topological polar surface area (TPSA) is 54.9 Å². The molecular formula is C16H17Cl2N3OS2. The van der Waals surface area contributed by atoms with Crippen molar-refractivity contribution < 1.29 is 4.79 Å². The van der Waals surface area contributed by atoms with Crippen LogP contribution in [0.15, 0.2) is 22.5 Å². The lowest BCUT2D eigenvalue weighted by molar-refractivity contribution is -0.120. The molecule has 0 radical (unpaired) electrons. The van der Waals surface area contributed by atoms with Gasteiger partial charge in [0.05, 0.1) is 0 Å². The molecule has 0 aliphatic heterocycles. The molecule has 1 aromatic heterocycles. The van der Waals surface area contributed by atoms with E-state index in [1.165, 1.54) is 29.5 Å². The fourth-order valence-electron chi connectivity index (χ4n) is 2.69. The largest absolute Gasteiger partial charge is 0.300 e. The van der Waals surface area contributed by atoms with E-state index in [4.69, 9.17) is 23.2 Å². The third kappa shape index (κ3) is 4.63. The number of carbonyl (C=O) groups is 1. The molecule has 0 spiro atoms. The van der Waals surface area contributed by atoms with Crippen molar-refractivity contribution in [3.63, 3.8) is 0 Å². The molecule has 24 heavy (non-hydrogen) atoms. The van der Waals surface area contributed by atoms with Crippen LogP contribution in [-0.2, 0) is 10.5 Å². The van der Waals surface area contributed by atoms with E-state index in [0.29, 0.717) is 20.9 Å². The van der Waals surface area contributed by atoms with Gasteiger partial charge in [-0.05, 0) is 30.5 Å².